The zero-order valence-electron chi connectivity index (χ0n) is 10.4. The number of nitrogens with one attached hydrogen (secondary N) is 1. The molecule has 1 aromatic carbocycles. The molecule has 8 nitrogen and oxygen atoms in total. The fraction of sp³-hybridized carbons (Fsp3) is 0. The summed E-state index contributed by atoms with van der Waals surface area (Å²) in [6, 6.07) is 9.31. The molecule has 106 valence electrons. The first-order chi connectivity index (χ1) is 10.0. The number of ether oxygens (including phenoxy) is 1. The number of aromatic nitrogens is 1. The molecule has 3 N–H and O–H groups in total. The molecule has 0 bridgehead atoms. The van der Waals surface area contributed by atoms with Crippen LogP contribution >= 0.6 is 22.6 Å². The molecular formula is C12H8IN5O3. The largest absolute Gasteiger partial charge is 0.431 e. The van der Waals surface area contributed by atoms with Gasteiger partial charge in [0.15, 0.2) is 0 Å². The van der Waals surface area contributed by atoms with E-state index >= 15 is 0 Å². The highest BCUT2D eigenvalue weighted by Crippen LogP contribution is 2.36. The summed E-state index contributed by atoms with van der Waals surface area (Å²) in [4.78, 5) is 14.5. The highest BCUT2D eigenvalue weighted by Gasteiger charge is 2.21. The number of nitriles is 1. The van der Waals surface area contributed by atoms with E-state index in [4.69, 9.17) is 15.8 Å². The molecule has 0 unspecified atom stereocenters. The Bertz CT molecular complexity index is 744. The highest BCUT2D eigenvalue weighted by atomic mass is 127. The average molecular weight is 397 g/mol. The lowest BCUT2D eigenvalue weighted by molar-refractivity contribution is -0.385. The Balaban J connectivity index is 2.48. The first-order valence-electron chi connectivity index (χ1n) is 5.54. The molecule has 21 heavy (non-hydrogen) atoms. The monoisotopic (exact) mass is 397 g/mol. The maximum Gasteiger partial charge on any atom is 0.314 e. The number of rotatable bonds is 4. The molecule has 2 rings (SSSR count). The molecule has 0 amide bonds. The Morgan fingerprint density at radius 2 is 2.24 bits per heavy atom. The number of nitro benzene ring substituents is 1. The minimum atomic E-state index is -0.608. The van der Waals surface area contributed by atoms with Crippen LogP contribution in [0, 0.1) is 25.0 Å². The molecule has 0 atom stereocenters. The number of halogens is 1. The van der Waals surface area contributed by atoms with E-state index in [-0.39, 0.29) is 22.9 Å². The first kappa shape index (κ1) is 14.9. The maximum absolute atomic E-state index is 11.1. The van der Waals surface area contributed by atoms with Gasteiger partial charge < -0.3 is 10.2 Å². The quantitative estimate of drug-likeness (QED) is 0.351. The van der Waals surface area contributed by atoms with Gasteiger partial charge in [-0.3, -0.25) is 10.1 Å². The number of anilines is 1. The number of hydrogen-bond donors (Lipinski definition) is 2. The Morgan fingerprint density at radius 3 is 2.86 bits per heavy atom. The molecule has 1 aromatic heterocycles. The molecular weight excluding hydrogens is 389 g/mol. The summed E-state index contributed by atoms with van der Waals surface area (Å²) in [5.41, 5.74) is 2.24. The van der Waals surface area contributed by atoms with Crippen LogP contribution < -0.4 is 16.0 Å². The van der Waals surface area contributed by atoms with Crippen LogP contribution in [0.1, 0.15) is 5.56 Å². The third-order valence-electron chi connectivity index (χ3n) is 2.43. The second kappa shape index (κ2) is 6.33. The predicted octanol–water partition coefficient (Wildman–Crippen LogP) is 2.54. The van der Waals surface area contributed by atoms with E-state index < -0.39 is 4.92 Å². The Kier molecular flexibility index (Phi) is 4.51. The van der Waals surface area contributed by atoms with Crippen molar-refractivity contribution in [2.24, 2.45) is 5.84 Å². The molecule has 0 aliphatic rings. The molecule has 0 aliphatic carbocycles. The van der Waals surface area contributed by atoms with E-state index in [1.165, 1.54) is 6.07 Å². The normalized spacial score (nSPS) is 9.76. The lowest BCUT2D eigenvalue weighted by Gasteiger charge is -2.09. The van der Waals surface area contributed by atoms with Crippen LogP contribution in [-0.2, 0) is 0 Å². The van der Waals surface area contributed by atoms with Gasteiger partial charge in [0.2, 0.25) is 11.6 Å². The Labute approximate surface area is 132 Å². The van der Waals surface area contributed by atoms with E-state index in [1.807, 2.05) is 28.7 Å². The number of hydrogen-bond acceptors (Lipinski definition) is 7. The van der Waals surface area contributed by atoms with Gasteiger partial charge in [0, 0.05) is 12.1 Å². The zero-order valence-corrected chi connectivity index (χ0v) is 12.6. The van der Waals surface area contributed by atoms with Crippen LogP contribution in [0.3, 0.4) is 0 Å². The van der Waals surface area contributed by atoms with Crippen molar-refractivity contribution in [1.29, 1.82) is 5.26 Å². The van der Waals surface area contributed by atoms with Crippen LogP contribution in [0.4, 0.5) is 11.5 Å². The zero-order chi connectivity index (χ0) is 15.4. The maximum atomic E-state index is 11.1. The summed E-state index contributed by atoms with van der Waals surface area (Å²) >= 11 is 1.86. The molecule has 0 saturated carbocycles. The summed E-state index contributed by atoms with van der Waals surface area (Å²) in [5, 5.41) is 20.0. The van der Waals surface area contributed by atoms with E-state index in [1.54, 1.807) is 18.2 Å². The van der Waals surface area contributed by atoms with Crippen molar-refractivity contribution >= 4 is 34.1 Å². The van der Waals surface area contributed by atoms with Crippen molar-refractivity contribution in [2.45, 2.75) is 0 Å². The molecule has 2 aromatic rings. The number of hydrazine groups is 1. The summed E-state index contributed by atoms with van der Waals surface area (Å²) in [7, 11) is 0. The second-order valence-electron chi connectivity index (χ2n) is 3.78. The highest BCUT2D eigenvalue weighted by molar-refractivity contribution is 14.1. The number of nitrogens with two attached hydrogens (primary N) is 1. The minimum Gasteiger partial charge on any atom is -0.431 e. The standard InChI is InChI=1S/C12H8IN5O3/c13-8-4-7(6-14)5-9(18(19)20)12(8)21-11-3-1-2-10(16-11)17-15/h1-5H,15H2,(H,16,17). The van der Waals surface area contributed by atoms with Gasteiger partial charge >= 0.3 is 5.69 Å². The molecule has 0 fully saturated rings. The van der Waals surface area contributed by atoms with Crippen molar-refractivity contribution in [3.8, 4) is 17.7 Å². The van der Waals surface area contributed by atoms with Gasteiger partial charge in [-0.1, -0.05) is 6.07 Å². The number of benzene rings is 1. The number of nitrogens with zero attached hydrogens (tertiary/aromatic N) is 3. The Morgan fingerprint density at radius 1 is 1.48 bits per heavy atom. The van der Waals surface area contributed by atoms with Gasteiger partial charge in [-0.05, 0) is 34.7 Å². The fourth-order valence-electron chi connectivity index (χ4n) is 1.54. The number of nitro groups is 1. The van der Waals surface area contributed by atoms with Crippen LogP contribution in [0.25, 0.3) is 0 Å². The van der Waals surface area contributed by atoms with E-state index in [9.17, 15) is 10.1 Å². The molecule has 0 aliphatic heterocycles. The van der Waals surface area contributed by atoms with Crippen molar-refractivity contribution in [2.75, 3.05) is 5.43 Å². The SMILES string of the molecule is N#Cc1cc(I)c(Oc2cccc(NN)n2)c([N+](=O)[O-])c1. The fourth-order valence-corrected chi connectivity index (χ4v) is 2.26. The lowest BCUT2D eigenvalue weighted by Crippen LogP contribution is -2.08. The number of pyridine rings is 1. The van der Waals surface area contributed by atoms with Crippen molar-refractivity contribution in [1.82, 2.24) is 4.98 Å². The first-order valence-corrected chi connectivity index (χ1v) is 6.62. The van der Waals surface area contributed by atoms with Gasteiger partial charge in [-0.25, -0.2) is 5.84 Å². The predicted molar refractivity (Wildman–Crippen MR) is 82.6 cm³/mol. The average Bonchev–Trinajstić information content (AvgIpc) is 2.49. The summed E-state index contributed by atoms with van der Waals surface area (Å²) in [6.07, 6.45) is 0. The summed E-state index contributed by atoms with van der Waals surface area (Å²) < 4.78 is 5.91. The van der Waals surface area contributed by atoms with Gasteiger partial charge in [0.1, 0.15) is 5.82 Å². The van der Waals surface area contributed by atoms with E-state index in [0.717, 1.165) is 6.07 Å². The van der Waals surface area contributed by atoms with Crippen LogP contribution in [0.15, 0.2) is 30.3 Å². The van der Waals surface area contributed by atoms with Gasteiger partial charge in [-0.2, -0.15) is 10.2 Å². The van der Waals surface area contributed by atoms with Crippen molar-refractivity contribution in [3.05, 3.63) is 49.6 Å². The van der Waals surface area contributed by atoms with Crippen LogP contribution in [0.5, 0.6) is 11.6 Å². The van der Waals surface area contributed by atoms with Gasteiger partial charge in [0.05, 0.1) is 20.1 Å². The van der Waals surface area contributed by atoms with Gasteiger partial charge in [0.25, 0.3) is 0 Å². The smallest absolute Gasteiger partial charge is 0.314 e. The molecule has 9 heteroatoms. The van der Waals surface area contributed by atoms with Crippen molar-refractivity contribution < 1.29 is 9.66 Å². The van der Waals surface area contributed by atoms with Crippen LogP contribution in [-0.4, -0.2) is 9.91 Å². The van der Waals surface area contributed by atoms with Gasteiger partial charge in [-0.15, -0.1) is 0 Å². The molecule has 0 saturated heterocycles. The Hall–Kier alpha value is -2.45. The van der Waals surface area contributed by atoms with Crippen molar-refractivity contribution in [3.63, 3.8) is 0 Å². The lowest BCUT2D eigenvalue weighted by atomic mass is 10.2. The second-order valence-corrected chi connectivity index (χ2v) is 4.94. The summed E-state index contributed by atoms with van der Waals surface area (Å²) in [6.45, 7) is 0. The minimum absolute atomic E-state index is 0.0290. The number of nitrogen functional groups attached to an aromatic ring is 1. The van der Waals surface area contributed by atoms with E-state index in [0.29, 0.717) is 9.39 Å². The third-order valence-corrected chi connectivity index (χ3v) is 3.23. The molecule has 0 radical (unpaired) electrons. The third kappa shape index (κ3) is 3.36. The molecule has 0 spiro atoms. The molecule has 1 heterocycles. The van der Waals surface area contributed by atoms with Crippen LogP contribution in [0.2, 0.25) is 0 Å². The topological polar surface area (TPSA) is 127 Å². The van der Waals surface area contributed by atoms with E-state index in [2.05, 4.69) is 10.4 Å². The summed E-state index contributed by atoms with van der Waals surface area (Å²) in [5.74, 6) is 5.78.